The van der Waals surface area contributed by atoms with Gasteiger partial charge in [-0.1, -0.05) is 58.0 Å². The van der Waals surface area contributed by atoms with E-state index >= 15 is 0 Å². The molecule has 1 aromatic heterocycles. The lowest BCUT2D eigenvalue weighted by molar-refractivity contribution is 0.318. The van der Waals surface area contributed by atoms with Crippen LogP contribution >= 0.6 is 24.0 Å². The molecule has 0 saturated carbocycles. The molecule has 0 unspecified atom stereocenters. The summed E-state index contributed by atoms with van der Waals surface area (Å²) in [5.74, 6) is 1.49. The molecule has 3 N–H and O–H groups in total. The van der Waals surface area contributed by atoms with Gasteiger partial charge in [-0.05, 0) is 24.0 Å². The van der Waals surface area contributed by atoms with Crippen molar-refractivity contribution < 1.29 is 4.52 Å². The summed E-state index contributed by atoms with van der Waals surface area (Å²) in [5, 5.41) is 7.18. The molecule has 0 aliphatic rings. The van der Waals surface area contributed by atoms with E-state index in [-0.39, 0.29) is 35.9 Å². The third kappa shape index (κ3) is 5.69. The normalized spacial score (nSPS) is 12.0. The Labute approximate surface area is 166 Å². The van der Waals surface area contributed by atoms with Gasteiger partial charge in [-0.2, -0.15) is 4.98 Å². The maximum absolute atomic E-state index is 6.05. The minimum absolute atomic E-state index is 0. The van der Waals surface area contributed by atoms with Crippen LogP contribution in [0.5, 0.6) is 0 Å². The lowest BCUT2D eigenvalue weighted by Gasteiger charge is -2.14. The number of nitrogens with one attached hydrogen (secondary N) is 1. The fourth-order valence-electron chi connectivity index (χ4n) is 2.35. The molecule has 0 aliphatic carbocycles. The second kappa shape index (κ2) is 9.17. The third-order valence-electron chi connectivity index (χ3n) is 3.75. The monoisotopic (exact) mass is 457 g/mol. The molecule has 1 heterocycles. The summed E-state index contributed by atoms with van der Waals surface area (Å²) < 4.78 is 5.26. The number of aliphatic imine (C=N–C) groups is 1. The average Bonchev–Trinajstić information content (AvgIpc) is 3.02. The second-order valence-electron chi connectivity index (χ2n) is 6.75. The molecular weight excluding hydrogens is 429 g/mol. The number of aromatic nitrogens is 2. The van der Waals surface area contributed by atoms with E-state index in [4.69, 9.17) is 10.3 Å². The Morgan fingerprint density at radius 3 is 2.28 bits per heavy atom. The van der Waals surface area contributed by atoms with Gasteiger partial charge < -0.3 is 15.6 Å². The highest BCUT2D eigenvalue weighted by Crippen LogP contribution is 2.22. The SMILES string of the molecule is CCc1cccc(CC)c1NC(N)=NCc1noc(C(C)(C)C)n1.I. The van der Waals surface area contributed by atoms with Crippen molar-refractivity contribution in [2.24, 2.45) is 10.7 Å². The van der Waals surface area contributed by atoms with Gasteiger partial charge in [-0.15, -0.1) is 24.0 Å². The molecule has 0 bridgehead atoms. The molecule has 0 atom stereocenters. The first-order valence-corrected chi connectivity index (χ1v) is 8.35. The van der Waals surface area contributed by atoms with Crippen LogP contribution in [0.3, 0.4) is 0 Å². The van der Waals surface area contributed by atoms with Gasteiger partial charge in [0.2, 0.25) is 5.89 Å². The van der Waals surface area contributed by atoms with E-state index in [0.29, 0.717) is 17.7 Å². The number of nitrogens with zero attached hydrogens (tertiary/aromatic N) is 3. The molecule has 0 aliphatic heterocycles. The van der Waals surface area contributed by atoms with Gasteiger partial charge in [-0.3, -0.25) is 0 Å². The first-order chi connectivity index (χ1) is 11.3. The number of hydrogen-bond donors (Lipinski definition) is 2. The molecule has 0 radical (unpaired) electrons. The first-order valence-electron chi connectivity index (χ1n) is 8.35. The van der Waals surface area contributed by atoms with Crippen molar-refractivity contribution in [1.82, 2.24) is 10.1 Å². The van der Waals surface area contributed by atoms with E-state index in [9.17, 15) is 0 Å². The second-order valence-corrected chi connectivity index (χ2v) is 6.75. The van der Waals surface area contributed by atoms with E-state index < -0.39 is 0 Å². The summed E-state index contributed by atoms with van der Waals surface area (Å²) in [6.07, 6.45) is 1.87. The van der Waals surface area contributed by atoms with E-state index in [1.807, 2.05) is 20.8 Å². The predicted octanol–water partition coefficient (Wildman–Crippen LogP) is 4.04. The number of benzene rings is 1. The topological polar surface area (TPSA) is 89.3 Å². The van der Waals surface area contributed by atoms with E-state index in [0.717, 1.165) is 18.5 Å². The van der Waals surface area contributed by atoms with Gasteiger partial charge >= 0.3 is 0 Å². The molecule has 25 heavy (non-hydrogen) atoms. The summed E-state index contributed by atoms with van der Waals surface area (Å²) in [4.78, 5) is 8.69. The molecule has 1 aromatic carbocycles. The quantitative estimate of drug-likeness (QED) is 0.402. The molecule has 2 rings (SSSR count). The summed E-state index contributed by atoms with van der Waals surface area (Å²) in [7, 11) is 0. The van der Waals surface area contributed by atoms with Crippen LogP contribution in [0, 0.1) is 0 Å². The molecular formula is C18H28IN5O. The van der Waals surface area contributed by atoms with Crippen molar-refractivity contribution >= 4 is 35.6 Å². The predicted molar refractivity (Wildman–Crippen MR) is 113 cm³/mol. The summed E-state index contributed by atoms with van der Waals surface area (Å²) in [5.41, 5.74) is 9.37. The average molecular weight is 457 g/mol. The number of rotatable bonds is 5. The van der Waals surface area contributed by atoms with Crippen LogP contribution in [0.25, 0.3) is 0 Å². The van der Waals surface area contributed by atoms with Gasteiger partial charge in [0, 0.05) is 11.1 Å². The van der Waals surface area contributed by atoms with Crippen molar-refractivity contribution in [2.75, 3.05) is 5.32 Å². The Kier molecular flexibility index (Phi) is 7.85. The van der Waals surface area contributed by atoms with Crippen molar-refractivity contribution in [3.8, 4) is 0 Å². The summed E-state index contributed by atoms with van der Waals surface area (Å²) in [6.45, 7) is 10.6. The maximum atomic E-state index is 6.05. The molecule has 0 amide bonds. The van der Waals surface area contributed by atoms with E-state index in [2.05, 4.69) is 52.5 Å². The Morgan fingerprint density at radius 2 is 1.80 bits per heavy atom. The Bertz CT molecular complexity index is 696. The molecule has 0 spiro atoms. The zero-order valence-electron chi connectivity index (χ0n) is 15.6. The third-order valence-corrected chi connectivity index (χ3v) is 3.75. The molecule has 0 saturated heterocycles. The summed E-state index contributed by atoms with van der Waals surface area (Å²) in [6, 6.07) is 6.27. The lowest BCUT2D eigenvalue weighted by atomic mass is 9.97. The largest absolute Gasteiger partial charge is 0.370 e. The Balaban J connectivity index is 0.00000312. The molecule has 0 fully saturated rings. The lowest BCUT2D eigenvalue weighted by Crippen LogP contribution is -2.24. The highest BCUT2D eigenvalue weighted by molar-refractivity contribution is 14.0. The number of anilines is 1. The van der Waals surface area contributed by atoms with Crippen LogP contribution in [-0.4, -0.2) is 16.1 Å². The number of hydrogen-bond acceptors (Lipinski definition) is 4. The standard InChI is InChI=1S/C18H27N5O.HI/c1-6-12-9-8-10-13(7-2)15(12)22-17(19)20-11-14-21-16(24-23-14)18(3,4)5;/h8-10H,6-7,11H2,1-5H3,(H3,19,20,22);1H. The highest BCUT2D eigenvalue weighted by Gasteiger charge is 2.21. The maximum Gasteiger partial charge on any atom is 0.232 e. The van der Waals surface area contributed by atoms with Gasteiger partial charge in [-0.25, -0.2) is 4.99 Å². The molecule has 2 aromatic rings. The number of halogens is 1. The van der Waals surface area contributed by atoms with Crippen LogP contribution in [0.4, 0.5) is 5.69 Å². The Morgan fingerprint density at radius 1 is 1.20 bits per heavy atom. The van der Waals surface area contributed by atoms with Gasteiger partial charge in [0.25, 0.3) is 0 Å². The molecule has 6 nitrogen and oxygen atoms in total. The number of nitrogens with two attached hydrogens (primary N) is 1. The van der Waals surface area contributed by atoms with Gasteiger partial charge in [0.15, 0.2) is 11.8 Å². The number of aryl methyl sites for hydroxylation is 2. The number of para-hydroxylation sites is 1. The van der Waals surface area contributed by atoms with Crippen molar-refractivity contribution in [1.29, 1.82) is 0 Å². The smallest absolute Gasteiger partial charge is 0.232 e. The Hall–Kier alpha value is -1.64. The zero-order valence-corrected chi connectivity index (χ0v) is 17.9. The van der Waals surface area contributed by atoms with Crippen molar-refractivity contribution in [3.63, 3.8) is 0 Å². The fourth-order valence-corrected chi connectivity index (χ4v) is 2.35. The molecule has 7 heteroatoms. The summed E-state index contributed by atoms with van der Waals surface area (Å²) >= 11 is 0. The van der Waals surface area contributed by atoms with Crippen LogP contribution in [-0.2, 0) is 24.8 Å². The van der Waals surface area contributed by atoms with Crippen molar-refractivity contribution in [3.05, 3.63) is 41.0 Å². The first kappa shape index (κ1) is 21.4. The highest BCUT2D eigenvalue weighted by atomic mass is 127. The van der Waals surface area contributed by atoms with Crippen LogP contribution in [0.1, 0.15) is 57.5 Å². The van der Waals surface area contributed by atoms with Gasteiger partial charge in [0.05, 0.1) is 0 Å². The van der Waals surface area contributed by atoms with E-state index in [1.165, 1.54) is 11.1 Å². The van der Waals surface area contributed by atoms with Crippen LogP contribution < -0.4 is 11.1 Å². The van der Waals surface area contributed by atoms with Crippen LogP contribution in [0.15, 0.2) is 27.7 Å². The van der Waals surface area contributed by atoms with E-state index in [1.54, 1.807) is 0 Å². The van der Waals surface area contributed by atoms with Crippen molar-refractivity contribution in [2.45, 2.75) is 59.4 Å². The minimum atomic E-state index is -0.172. The fraction of sp³-hybridized carbons (Fsp3) is 0.500. The number of guanidine groups is 1. The van der Waals surface area contributed by atoms with Gasteiger partial charge in [0.1, 0.15) is 6.54 Å². The van der Waals surface area contributed by atoms with Crippen LogP contribution in [0.2, 0.25) is 0 Å². The minimum Gasteiger partial charge on any atom is -0.370 e. The zero-order chi connectivity index (χ0) is 17.7. The molecule has 138 valence electrons.